The number of benzene rings is 1. The Kier molecular flexibility index (Phi) is 4.58. The molecule has 0 bridgehead atoms. The summed E-state index contributed by atoms with van der Waals surface area (Å²) in [5, 5.41) is 7.68. The van der Waals surface area contributed by atoms with E-state index in [1.807, 2.05) is 36.1 Å². The molecule has 1 N–H and O–H groups in total. The second kappa shape index (κ2) is 6.38. The first-order chi connectivity index (χ1) is 9.22. The summed E-state index contributed by atoms with van der Waals surface area (Å²) in [6.07, 6.45) is 2.88. The normalized spacial score (nSPS) is 10.7. The number of ether oxygens (including phenoxy) is 1. The molecule has 0 amide bonds. The molecule has 0 radical (unpaired) electrons. The fourth-order valence-electron chi connectivity index (χ4n) is 2.07. The molecule has 0 spiro atoms. The second-order valence-corrected chi connectivity index (χ2v) is 4.62. The third-order valence-corrected chi connectivity index (χ3v) is 3.42. The first-order valence-corrected chi connectivity index (χ1v) is 6.52. The highest BCUT2D eigenvalue weighted by molar-refractivity contribution is 5.33. The van der Waals surface area contributed by atoms with E-state index in [1.165, 1.54) is 16.8 Å². The highest BCUT2D eigenvalue weighted by atomic mass is 16.5. The van der Waals surface area contributed by atoms with Gasteiger partial charge in [-0.05, 0) is 31.5 Å². The van der Waals surface area contributed by atoms with Crippen molar-refractivity contribution in [3.63, 3.8) is 0 Å². The fraction of sp³-hybridized carbons (Fsp3) is 0.400. The van der Waals surface area contributed by atoms with Gasteiger partial charge in [0, 0.05) is 24.8 Å². The molecule has 2 aromatic rings. The van der Waals surface area contributed by atoms with Crippen LogP contribution < -0.4 is 10.1 Å². The number of methoxy groups -OCH3 is 1. The van der Waals surface area contributed by atoms with Gasteiger partial charge >= 0.3 is 0 Å². The number of para-hydroxylation sites is 1. The van der Waals surface area contributed by atoms with Crippen molar-refractivity contribution in [1.82, 2.24) is 15.1 Å². The largest absolute Gasteiger partial charge is 0.496 e. The van der Waals surface area contributed by atoms with E-state index in [-0.39, 0.29) is 0 Å². The summed E-state index contributed by atoms with van der Waals surface area (Å²) < 4.78 is 7.24. The SMILES string of the molecule is COc1ccccc1CCNCc1cnn(C)c1C. The Balaban J connectivity index is 1.82. The van der Waals surface area contributed by atoms with Gasteiger partial charge in [0.2, 0.25) is 0 Å². The number of hydrogen-bond donors (Lipinski definition) is 1. The van der Waals surface area contributed by atoms with E-state index in [9.17, 15) is 0 Å². The molecule has 2 rings (SSSR count). The Morgan fingerprint density at radius 3 is 2.74 bits per heavy atom. The van der Waals surface area contributed by atoms with Crippen molar-refractivity contribution in [2.24, 2.45) is 7.05 Å². The lowest BCUT2D eigenvalue weighted by atomic mass is 10.1. The van der Waals surface area contributed by atoms with Crippen LogP contribution in [0.1, 0.15) is 16.8 Å². The van der Waals surface area contributed by atoms with E-state index < -0.39 is 0 Å². The van der Waals surface area contributed by atoms with Gasteiger partial charge in [0.15, 0.2) is 0 Å². The fourth-order valence-corrected chi connectivity index (χ4v) is 2.07. The number of aromatic nitrogens is 2. The van der Waals surface area contributed by atoms with Crippen LogP contribution in [0.5, 0.6) is 5.75 Å². The lowest BCUT2D eigenvalue weighted by molar-refractivity contribution is 0.409. The Hall–Kier alpha value is -1.81. The van der Waals surface area contributed by atoms with E-state index in [1.54, 1.807) is 7.11 Å². The topological polar surface area (TPSA) is 39.1 Å². The van der Waals surface area contributed by atoms with E-state index in [4.69, 9.17) is 4.74 Å². The predicted molar refractivity (Wildman–Crippen MR) is 76.3 cm³/mol. The van der Waals surface area contributed by atoms with Crippen LogP contribution in [-0.4, -0.2) is 23.4 Å². The molecule has 1 aromatic carbocycles. The standard InChI is InChI=1S/C15H21N3O/c1-12-14(11-17-18(12)2)10-16-9-8-13-6-4-5-7-15(13)19-3/h4-7,11,16H,8-10H2,1-3H3. The maximum Gasteiger partial charge on any atom is 0.122 e. The van der Waals surface area contributed by atoms with Crippen molar-refractivity contribution in [2.75, 3.05) is 13.7 Å². The van der Waals surface area contributed by atoms with Gasteiger partial charge in [0.25, 0.3) is 0 Å². The third-order valence-electron chi connectivity index (χ3n) is 3.42. The molecular formula is C15H21N3O. The van der Waals surface area contributed by atoms with Crippen LogP contribution in [0.2, 0.25) is 0 Å². The number of nitrogens with zero attached hydrogens (tertiary/aromatic N) is 2. The zero-order valence-corrected chi connectivity index (χ0v) is 11.8. The Labute approximate surface area is 114 Å². The molecule has 0 fully saturated rings. The second-order valence-electron chi connectivity index (χ2n) is 4.62. The minimum atomic E-state index is 0.856. The first-order valence-electron chi connectivity index (χ1n) is 6.52. The van der Waals surface area contributed by atoms with Gasteiger partial charge in [-0.1, -0.05) is 18.2 Å². The average molecular weight is 259 g/mol. The number of nitrogens with one attached hydrogen (secondary N) is 1. The molecule has 0 aliphatic carbocycles. The van der Waals surface area contributed by atoms with Gasteiger partial charge in [-0.2, -0.15) is 5.10 Å². The minimum absolute atomic E-state index is 0.856. The molecule has 0 aliphatic rings. The van der Waals surface area contributed by atoms with Gasteiger partial charge in [-0.25, -0.2) is 0 Å². The highest BCUT2D eigenvalue weighted by Crippen LogP contribution is 2.17. The van der Waals surface area contributed by atoms with E-state index >= 15 is 0 Å². The summed E-state index contributed by atoms with van der Waals surface area (Å²) in [6.45, 7) is 3.87. The van der Waals surface area contributed by atoms with Crippen molar-refractivity contribution < 1.29 is 4.74 Å². The van der Waals surface area contributed by atoms with Gasteiger partial charge in [0.1, 0.15) is 5.75 Å². The maximum atomic E-state index is 5.34. The summed E-state index contributed by atoms with van der Waals surface area (Å²) >= 11 is 0. The zero-order valence-electron chi connectivity index (χ0n) is 11.8. The number of hydrogen-bond acceptors (Lipinski definition) is 3. The van der Waals surface area contributed by atoms with Gasteiger partial charge in [0.05, 0.1) is 13.3 Å². The van der Waals surface area contributed by atoms with Crippen molar-refractivity contribution in [3.05, 3.63) is 47.3 Å². The summed E-state index contributed by atoms with van der Waals surface area (Å²) in [7, 11) is 3.68. The van der Waals surface area contributed by atoms with Gasteiger partial charge in [-0.15, -0.1) is 0 Å². The number of aryl methyl sites for hydroxylation is 1. The van der Waals surface area contributed by atoms with Crippen molar-refractivity contribution >= 4 is 0 Å². The lowest BCUT2D eigenvalue weighted by Gasteiger charge is -2.08. The van der Waals surface area contributed by atoms with Crippen LogP contribution in [0.3, 0.4) is 0 Å². The lowest BCUT2D eigenvalue weighted by Crippen LogP contribution is -2.17. The first kappa shape index (κ1) is 13.6. The molecule has 0 atom stereocenters. The van der Waals surface area contributed by atoms with E-state index in [0.717, 1.165) is 25.3 Å². The molecule has 0 saturated heterocycles. The van der Waals surface area contributed by atoms with Crippen molar-refractivity contribution in [3.8, 4) is 5.75 Å². The monoisotopic (exact) mass is 259 g/mol. The van der Waals surface area contributed by atoms with Crippen LogP contribution >= 0.6 is 0 Å². The summed E-state index contributed by atoms with van der Waals surface area (Å²) in [5.74, 6) is 0.960. The van der Waals surface area contributed by atoms with E-state index in [2.05, 4.69) is 23.4 Å². The Morgan fingerprint density at radius 2 is 2.05 bits per heavy atom. The van der Waals surface area contributed by atoms with Crippen molar-refractivity contribution in [2.45, 2.75) is 19.9 Å². The van der Waals surface area contributed by atoms with Crippen molar-refractivity contribution in [1.29, 1.82) is 0 Å². The van der Waals surface area contributed by atoms with Crippen LogP contribution in [0, 0.1) is 6.92 Å². The molecule has 102 valence electrons. The Bertz CT molecular complexity index is 534. The smallest absolute Gasteiger partial charge is 0.122 e. The molecule has 4 heteroatoms. The molecule has 1 aromatic heterocycles. The molecule has 0 aliphatic heterocycles. The molecule has 4 nitrogen and oxygen atoms in total. The summed E-state index contributed by atoms with van der Waals surface area (Å²) in [6, 6.07) is 8.15. The average Bonchev–Trinajstić information content (AvgIpc) is 2.76. The zero-order chi connectivity index (χ0) is 13.7. The quantitative estimate of drug-likeness (QED) is 0.807. The number of rotatable bonds is 6. The van der Waals surface area contributed by atoms with Gasteiger partial charge in [-0.3, -0.25) is 4.68 Å². The summed E-state index contributed by atoms with van der Waals surface area (Å²) in [4.78, 5) is 0. The Morgan fingerprint density at radius 1 is 1.26 bits per heavy atom. The predicted octanol–water partition coefficient (Wildman–Crippen LogP) is 2.07. The molecular weight excluding hydrogens is 238 g/mol. The highest BCUT2D eigenvalue weighted by Gasteiger charge is 2.04. The molecule has 19 heavy (non-hydrogen) atoms. The van der Waals surface area contributed by atoms with Gasteiger partial charge < -0.3 is 10.1 Å². The maximum absolute atomic E-state index is 5.34. The van der Waals surface area contributed by atoms with Crippen LogP contribution in [-0.2, 0) is 20.0 Å². The minimum Gasteiger partial charge on any atom is -0.496 e. The summed E-state index contributed by atoms with van der Waals surface area (Å²) in [5.41, 5.74) is 3.70. The van der Waals surface area contributed by atoms with Crippen LogP contribution in [0.4, 0.5) is 0 Å². The molecule has 0 unspecified atom stereocenters. The third kappa shape index (κ3) is 3.35. The van der Waals surface area contributed by atoms with E-state index in [0.29, 0.717) is 0 Å². The van der Waals surface area contributed by atoms with Crippen LogP contribution in [0.15, 0.2) is 30.5 Å². The molecule has 1 heterocycles. The van der Waals surface area contributed by atoms with Crippen LogP contribution in [0.25, 0.3) is 0 Å². The molecule has 0 saturated carbocycles.